The zero-order chi connectivity index (χ0) is 15.4. The van der Waals surface area contributed by atoms with Crippen molar-refractivity contribution < 1.29 is 9.72 Å². The molecule has 2 rings (SSSR count). The number of carbonyl (C=O) groups excluding carboxylic acids is 1. The number of nitrogens with zero attached hydrogens (tertiary/aromatic N) is 3. The second-order valence-electron chi connectivity index (χ2n) is 4.84. The number of nitro groups is 1. The highest BCUT2D eigenvalue weighted by Gasteiger charge is 2.29. The summed E-state index contributed by atoms with van der Waals surface area (Å²) in [4.78, 5) is 27.5. The Balaban J connectivity index is 2.28. The lowest BCUT2D eigenvalue weighted by Crippen LogP contribution is -2.48. The highest BCUT2D eigenvalue weighted by Crippen LogP contribution is 2.32. The van der Waals surface area contributed by atoms with Crippen molar-refractivity contribution in [3.05, 3.63) is 27.4 Å². The zero-order valence-electron chi connectivity index (χ0n) is 11.3. The second kappa shape index (κ2) is 6.57. The lowest BCUT2D eigenvalue weighted by atomic mass is 10.0. The lowest BCUT2D eigenvalue weighted by molar-refractivity contribution is -0.384. The molecule has 0 aliphatic carbocycles. The average Bonchev–Trinajstić information content (AvgIpc) is 2.45. The first-order valence-electron chi connectivity index (χ1n) is 6.59. The van der Waals surface area contributed by atoms with Crippen LogP contribution in [0.2, 0.25) is 5.02 Å². The summed E-state index contributed by atoms with van der Waals surface area (Å²) in [6.07, 6.45) is 4.09. The summed E-state index contributed by atoms with van der Waals surface area (Å²) < 4.78 is 0. The number of carbonyl (C=O) groups is 1. The first-order chi connectivity index (χ1) is 9.99. The van der Waals surface area contributed by atoms with Gasteiger partial charge in [0.1, 0.15) is 0 Å². The molecule has 0 saturated carbocycles. The second-order valence-corrected chi connectivity index (χ2v) is 5.28. The normalized spacial score (nSPS) is 18.3. The van der Waals surface area contributed by atoms with Crippen molar-refractivity contribution in [3.8, 4) is 0 Å². The monoisotopic (exact) mass is 313 g/mol. The highest BCUT2D eigenvalue weighted by molar-refractivity contribution is 6.30. The van der Waals surface area contributed by atoms with Crippen LogP contribution < -0.4 is 16.0 Å². The number of aromatic nitrogens is 1. The lowest BCUT2D eigenvalue weighted by Gasteiger charge is -2.36. The van der Waals surface area contributed by atoms with E-state index in [-0.39, 0.29) is 22.6 Å². The average molecular weight is 314 g/mol. The third-order valence-electron chi connectivity index (χ3n) is 3.42. The van der Waals surface area contributed by atoms with Gasteiger partial charge in [0.2, 0.25) is 5.82 Å². The van der Waals surface area contributed by atoms with Gasteiger partial charge in [-0.3, -0.25) is 10.1 Å². The van der Waals surface area contributed by atoms with Crippen LogP contribution in [0.5, 0.6) is 0 Å². The minimum Gasteiger partial charge on any atom is -0.352 e. The zero-order valence-corrected chi connectivity index (χ0v) is 12.0. The van der Waals surface area contributed by atoms with Crippen molar-refractivity contribution in [2.45, 2.75) is 25.3 Å². The number of piperidine rings is 1. The van der Waals surface area contributed by atoms with Crippen LogP contribution in [0, 0.1) is 10.1 Å². The number of pyridine rings is 1. The molecule has 2 amide bonds. The summed E-state index contributed by atoms with van der Waals surface area (Å²) in [5, 5.41) is 13.9. The molecule has 2 heterocycles. The molecule has 1 aromatic rings. The van der Waals surface area contributed by atoms with Crippen LogP contribution in [-0.4, -0.2) is 35.1 Å². The van der Waals surface area contributed by atoms with Crippen LogP contribution in [0.15, 0.2) is 12.3 Å². The number of halogens is 1. The van der Waals surface area contributed by atoms with Gasteiger partial charge >= 0.3 is 11.7 Å². The molecule has 1 unspecified atom stereocenters. The first kappa shape index (κ1) is 15.3. The molecule has 8 nitrogen and oxygen atoms in total. The Morgan fingerprint density at radius 1 is 1.62 bits per heavy atom. The number of primary amides is 1. The van der Waals surface area contributed by atoms with E-state index in [1.54, 1.807) is 0 Å². The molecular weight excluding hydrogens is 298 g/mol. The number of nitrogens with one attached hydrogen (secondary N) is 1. The van der Waals surface area contributed by atoms with Gasteiger partial charge in [-0.2, -0.15) is 0 Å². The SMILES string of the molecule is NC(=O)NCC1CCCCN1c1ncc(Cl)cc1[N+](=O)[O-]. The fourth-order valence-electron chi connectivity index (χ4n) is 2.49. The van der Waals surface area contributed by atoms with E-state index in [0.717, 1.165) is 19.3 Å². The molecule has 1 aliphatic heterocycles. The summed E-state index contributed by atoms with van der Waals surface area (Å²) in [6.45, 7) is 0.970. The van der Waals surface area contributed by atoms with E-state index in [4.69, 9.17) is 17.3 Å². The number of nitrogens with two attached hydrogens (primary N) is 1. The van der Waals surface area contributed by atoms with Crippen molar-refractivity contribution in [1.29, 1.82) is 0 Å². The molecule has 1 atom stereocenters. The maximum atomic E-state index is 11.2. The number of urea groups is 1. The summed E-state index contributed by atoms with van der Waals surface area (Å²) in [7, 11) is 0. The van der Waals surface area contributed by atoms with Gasteiger partial charge in [0.25, 0.3) is 0 Å². The molecule has 1 aromatic heterocycles. The minimum atomic E-state index is -0.612. The van der Waals surface area contributed by atoms with E-state index < -0.39 is 11.0 Å². The topological polar surface area (TPSA) is 114 Å². The Kier molecular flexibility index (Phi) is 4.79. The molecule has 0 bridgehead atoms. The summed E-state index contributed by atoms with van der Waals surface area (Å²) in [5.74, 6) is 0.278. The molecule has 0 radical (unpaired) electrons. The largest absolute Gasteiger partial charge is 0.352 e. The van der Waals surface area contributed by atoms with Crippen molar-refractivity contribution in [3.63, 3.8) is 0 Å². The Morgan fingerprint density at radius 3 is 3.05 bits per heavy atom. The Hall–Kier alpha value is -2.09. The van der Waals surface area contributed by atoms with E-state index in [1.807, 2.05) is 4.90 Å². The van der Waals surface area contributed by atoms with Gasteiger partial charge in [-0.1, -0.05) is 11.6 Å². The third kappa shape index (κ3) is 3.72. The molecule has 21 heavy (non-hydrogen) atoms. The molecule has 114 valence electrons. The van der Waals surface area contributed by atoms with Gasteiger partial charge < -0.3 is 16.0 Å². The van der Waals surface area contributed by atoms with Crippen molar-refractivity contribution in [2.75, 3.05) is 18.0 Å². The number of anilines is 1. The minimum absolute atomic E-state index is 0.0707. The van der Waals surface area contributed by atoms with Crippen LogP contribution in [0.3, 0.4) is 0 Å². The summed E-state index contributed by atoms with van der Waals surface area (Å²) in [6, 6.07) is 0.606. The number of amides is 2. The van der Waals surface area contributed by atoms with Crippen LogP contribution in [-0.2, 0) is 0 Å². The summed E-state index contributed by atoms with van der Waals surface area (Å²) >= 11 is 5.78. The van der Waals surface area contributed by atoms with Gasteiger partial charge in [0, 0.05) is 31.4 Å². The maximum absolute atomic E-state index is 11.2. The smallest absolute Gasteiger partial charge is 0.313 e. The number of rotatable bonds is 4. The Morgan fingerprint density at radius 2 is 2.38 bits per heavy atom. The fraction of sp³-hybridized carbons (Fsp3) is 0.500. The fourth-order valence-corrected chi connectivity index (χ4v) is 2.64. The standard InChI is InChI=1S/C12H16ClN5O3/c13-8-5-10(18(20)21)11(15-6-8)17-4-2-1-3-9(17)7-16-12(14)19/h5-6,9H,1-4,7H2,(H3,14,16,19). The molecule has 1 fully saturated rings. The van der Waals surface area contributed by atoms with Crippen molar-refractivity contribution >= 4 is 29.1 Å². The molecule has 0 spiro atoms. The van der Waals surface area contributed by atoms with E-state index >= 15 is 0 Å². The molecule has 3 N–H and O–H groups in total. The van der Waals surface area contributed by atoms with Gasteiger partial charge in [-0.25, -0.2) is 9.78 Å². The van der Waals surface area contributed by atoms with Gasteiger partial charge in [-0.15, -0.1) is 0 Å². The van der Waals surface area contributed by atoms with Gasteiger partial charge in [0.15, 0.2) is 0 Å². The Labute approximate surface area is 126 Å². The van der Waals surface area contributed by atoms with Crippen LogP contribution in [0.25, 0.3) is 0 Å². The van der Waals surface area contributed by atoms with E-state index in [0.29, 0.717) is 13.1 Å². The van der Waals surface area contributed by atoms with Crippen LogP contribution in [0.1, 0.15) is 19.3 Å². The van der Waals surface area contributed by atoms with Crippen LogP contribution in [0.4, 0.5) is 16.3 Å². The summed E-state index contributed by atoms with van der Waals surface area (Å²) in [5.41, 5.74) is 4.95. The maximum Gasteiger partial charge on any atom is 0.313 e. The molecule has 9 heteroatoms. The van der Waals surface area contributed by atoms with Crippen molar-refractivity contribution in [1.82, 2.24) is 10.3 Å². The quantitative estimate of drug-likeness (QED) is 0.648. The predicted molar refractivity (Wildman–Crippen MR) is 78.5 cm³/mol. The van der Waals surface area contributed by atoms with E-state index in [1.165, 1.54) is 12.3 Å². The molecule has 0 aromatic carbocycles. The predicted octanol–water partition coefficient (Wildman–Crippen LogP) is 1.67. The number of hydrogen-bond donors (Lipinski definition) is 2. The molecule has 1 saturated heterocycles. The number of hydrogen-bond acceptors (Lipinski definition) is 5. The molecule has 1 aliphatic rings. The first-order valence-corrected chi connectivity index (χ1v) is 6.96. The van der Waals surface area contributed by atoms with Gasteiger partial charge in [0.05, 0.1) is 9.95 Å². The highest BCUT2D eigenvalue weighted by atomic mass is 35.5. The Bertz CT molecular complexity index is 554. The van der Waals surface area contributed by atoms with E-state index in [9.17, 15) is 14.9 Å². The molecular formula is C12H16ClN5O3. The van der Waals surface area contributed by atoms with Gasteiger partial charge in [-0.05, 0) is 19.3 Å². The van der Waals surface area contributed by atoms with E-state index in [2.05, 4.69) is 10.3 Å². The third-order valence-corrected chi connectivity index (χ3v) is 3.63. The van der Waals surface area contributed by atoms with Crippen LogP contribution >= 0.6 is 11.6 Å². The van der Waals surface area contributed by atoms with Crippen molar-refractivity contribution in [2.24, 2.45) is 5.73 Å².